The zero-order chi connectivity index (χ0) is 12.3. The van der Waals surface area contributed by atoms with Crippen molar-refractivity contribution in [3.63, 3.8) is 0 Å². The molecular weight excluding hydrogens is 257 g/mol. The summed E-state index contributed by atoms with van der Waals surface area (Å²) in [5.74, 6) is 0.482. The minimum atomic E-state index is -0.477. The van der Waals surface area contributed by atoms with Crippen LogP contribution >= 0.6 is 0 Å². The largest absolute Gasteiger partial charge is 1.00 e. The van der Waals surface area contributed by atoms with Gasteiger partial charge in [-0.1, -0.05) is 0 Å². The Kier molecular flexibility index (Phi) is 6.20. The molecule has 1 aromatic rings. The van der Waals surface area contributed by atoms with Gasteiger partial charge in [0, 0.05) is 6.07 Å². The fourth-order valence-electron chi connectivity index (χ4n) is 1.81. The third kappa shape index (κ3) is 3.30. The third-order valence-electron chi connectivity index (χ3n) is 2.89. The van der Waals surface area contributed by atoms with Gasteiger partial charge in [0.25, 0.3) is 0 Å². The average Bonchev–Trinajstić information content (AvgIpc) is 3.12. The van der Waals surface area contributed by atoms with Crippen molar-refractivity contribution < 1.29 is 60.9 Å². The van der Waals surface area contributed by atoms with Gasteiger partial charge in [-0.25, -0.2) is 0 Å². The first kappa shape index (κ1) is 16.0. The molecule has 1 N–H and O–H groups in total. The summed E-state index contributed by atoms with van der Waals surface area (Å²) in [4.78, 5) is 11.9. The van der Waals surface area contributed by atoms with Crippen LogP contribution in [0.5, 0.6) is 5.88 Å². The predicted molar refractivity (Wildman–Crippen MR) is 62.5 cm³/mol. The Morgan fingerprint density at radius 3 is 2.67 bits per heavy atom. The molecule has 0 unspecified atom stereocenters. The minimum Gasteiger partial charge on any atom is -0.477 e. The summed E-state index contributed by atoms with van der Waals surface area (Å²) in [7, 11) is 0. The molecule has 2 rings (SSSR count). The van der Waals surface area contributed by atoms with Gasteiger partial charge in [-0.05, 0) is 25.8 Å². The number of hydrogen-bond acceptors (Lipinski definition) is 4. The van der Waals surface area contributed by atoms with Crippen molar-refractivity contribution in [1.82, 2.24) is 15.5 Å². The minimum absolute atomic E-state index is 0. The van der Waals surface area contributed by atoms with E-state index in [1.807, 2.05) is 13.0 Å². The zero-order valence-corrected chi connectivity index (χ0v) is 14.0. The Labute approximate surface area is 150 Å². The molecule has 1 aromatic heterocycles. The number of hydrogen-bond donors (Lipinski definition) is 1. The van der Waals surface area contributed by atoms with Crippen LogP contribution in [-0.2, 0) is 10.2 Å². The van der Waals surface area contributed by atoms with E-state index in [9.17, 15) is 4.79 Å². The van der Waals surface area contributed by atoms with Crippen molar-refractivity contribution in [2.45, 2.75) is 25.2 Å². The quantitative estimate of drug-likeness (QED) is 0.491. The van der Waals surface area contributed by atoms with Crippen LogP contribution in [0.2, 0.25) is 0 Å². The Morgan fingerprint density at radius 1 is 1.50 bits per heavy atom. The monoisotopic (exact) mass is 273 g/mol. The normalized spacial score (nSPS) is 15.4. The van der Waals surface area contributed by atoms with Gasteiger partial charge in [-0.15, -0.1) is 11.6 Å². The summed E-state index contributed by atoms with van der Waals surface area (Å²) < 4.78 is 5.22. The standard InChI is InChI=1S/C12H16N3O2.K/c1-3-13-11(16)12(7-8-12)9-5-6-10(15-14-9)17-4-2;/h5-6H,1,3-4,7-8H2,2H3,(H,13,16);/q-1;+1. The van der Waals surface area contributed by atoms with Crippen LogP contribution in [0.25, 0.3) is 0 Å². The molecule has 0 aliphatic heterocycles. The van der Waals surface area contributed by atoms with Crippen molar-refractivity contribution in [3.05, 3.63) is 24.8 Å². The van der Waals surface area contributed by atoms with Crippen LogP contribution in [-0.4, -0.2) is 29.3 Å². The second kappa shape index (κ2) is 6.95. The van der Waals surface area contributed by atoms with E-state index in [0.29, 0.717) is 24.7 Å². The molecule has 92 valence electrons. The summed E-state index contributed by atoms with van der Waals surface area (Å²) in [6.45, 7) is 6.45. The fraction of sp³-hybridized carbons (Fsp3) is 0.500. The maximum Gasteiger partial charge on any atom is 1.00 e. The van der Waals surface area contributed by atoms with Crippen molar-refractivity contribution in [2.75, 3.05) is 13.2 Å². The molecule has 1 saturated carbocycles. The SMILES string of the molecule is [CH2-]CNC(=O)C1(c2ccc(OCC)nn2)CC1.[K+]. The first-order valence-corrected chi connectivity index (χ1v) is 5.77. The van der Waals surface area contributed by atoms with E-state index in [0.717, 1.165) is 12.8 Å². The zero-order valence-electron chi connectivity index (χ0n) is 10.9. The van der Waals surface area contributed by atoms with Gasteiger partial charge >= 0.3 is 51.4 Å². The predicted octanol–water partition coefficient (Wildman–Crippen LogP) is -2.14. The number of nitrogens with one attached hydrogen (secondary N) is 1. The van der Waals surface area contributed by atoms with Crippen molar-refractivity contribution in [3.8, 4) is 5.88 Å². The molecule has 1 aliphatic rings. The van der Waals surface area contributed by atoms with E-state index in [4.69, 9.17) is 4.74 Å². The Bertz CT molecular complexity index is 404. The summed E-state index contributed by atoms with van der Waals surface area (Å²) in [6, 6.07) is 3.57. The first-order valence-electron chi connectivity index (χ1n) is 5.77. The third-order valence-corrected chi connectivity index (χ3v) is 2.89. The number of carbonyl (C=O) groups is 1. The molecule has 0 aromatic carbocycles. The number of rotatable bonds is 5. The van der Waals surface area contributed by atoms with Gasteiger partial charge in [0.1, 0.15) is 0 Å². The molecule has 1 amide bonds. The summed E-state index contributed by atoms with van der Waals surface area (Å²) >= 11 is 0. The van der Waals surface area contributed by atoms with Crippen LogP contribution in [0.4, 0.5) is 0 Å². The van der Waals surface area contributed by atoms with Gasteiger partial charge in [0.15, 0.2) is 0 Å². The second-order valence-corrected chi connectivity index (χ2v) is 4.03. The summed E-state index contributed by atoms with van der Waals surface area (Å²) in [5, 5.41) is 10.8. The van der Waals surface area contributed by atoms with Crippen molar-refractivity contribution in [2.24, 2.45) is 0 Å². The van der Waals surface area contributed by atoms with E-state index in [2.05, 4.69) is 22.4 Å². The van der Waals surface area contributed by atoms with Crippen LogP contribution in [0.1, 0.15) is 25.5 Å². The van der Waals surface area contributed by atoms with Crippen LogP contribution in [0, 0.1) is 6.92 Å². The van der Waals surface area contributed by atoms with Crippen LogP contribution in [0.3, 0.4) is 0 Å². The Hall–Kier alpha value is -0.0136. The van der Waals surface area contributed by atoms with Crippen LogP contribution < -0.4 is 61.4 Å². The Balaban J connectivity index is 0.00000162. The number of ether oxygens (including phenoxy) is 1. The smallest absolute Gasteiger partial charge is 0.477 e. The fourth-order valence-corrected chi connectivity index (χ4v) is 1.81. The molecule has 1 fully saturated rings. The maximum absolute atomic E-state index is 11.9. The molecule has 0 atom stereocenters. The van der Waals surface area contributed by atoms with Gasteiger partial charge in [0.05, 0.1) is 17.7 Å². The van der Waals surface area contributed by atoms with Gasteiger partial charge in [-0.3, -0.25) is 4.79 Å². The summed E-state index contributed by atoms with van der Waals surface area (Å²) in [6.07, 6.45) is 1.64. The topological polar surface area (TPSA) is 64.1 Å². The molecular formula is C12H16KN3O2. The molecule has 18 heavy (non-hydrogen) atoms. The molecule has 6 heteroatoms. The maximum atomic E-state index is 11.9. The van der Waals surface area contributed by atoms with Gasteiger partial charge in [-0.2, -0.15) is 5.10 Å². The van der Waals surface area contributed by atoms with Crippen LogP contribution in [0.15, 0.2) is 12.1 Å². The number of aromatic nitrogens is 2. The summed E-state index contributed by atoms with van der Waals surface area (Å²) in [5.41, 5.74) is 0.238. The average molecular weight is 273 g/mol. The molecule has 0 bridgehead atoms. The van der Waals surface area contributed by atoms with E-state index in [-0.39, 0.29) is 57.3 Å². The van der Waals surface area contributed by atoms with Gasteiger partial charge < -0.3 is 17.0 Å². The number of carbonyl (C=O) groups excluding carboxylic acids is 1. The Morgan fingerprint density at radius 2 is 2.22 bits per heavy atom. The molecule has 0 radical (unpaired) electrons. The number of nitrogens with zero attached hydrogens (tertiary/aromatic N) is 2. The van der Waals surface area contributed by atoms with E-state index in [1.165, 1.54) is 0 Å². The van der Waals surface area contributed by atoms with E-state index < -0.39 is 5.41 Å². The van der Waals surface area contributed by atoms with Crippen molar-refractivity contribution >= 4 is 5.91 Å². The first-order chi connectivity index (χ1) is 8.23. The second-order valence-electron chi connectivity index (χ2n) is 4.03. The molecule has 0 saturated heterocycles. The molecule has 1 aliphatic carbocycles. The van der Waals surface area contributed by atoms with Crippen molar-refractivity contribution in [1.29, 1.82) is 0 Å². The molecule has 1 heterocycles. The number of amides is 1. The van der Waals surface area contributed by atoms with E-state index in [1.54, 1.807) is 6.07 Å². The molecule has 5 nitrogen and oxygen atoms in total. The molecule has 0 spiro atoms. The van der Waals surface area contributed by atoms with Gasteiger partial charge in [0.2, 0.25) is 11.8 Å². The van der Waals surface area contributed by atoms with E-state index >= 15 is 0 Å².